The predicted octanol–water partition coefficient (Wildman–Crippen LogP) is 2.38. The summed E-state index contributed by atoms with van der Waals surface area (Å²) < 4.78 is 5.45. The highest BCUT2D eigenvalue weighted by atomic mass is 16.5. The fourth-order valence-corrected chi connectivity index (χ4v) is 3.62. The average Bonchev–Trinajstić information content (AvgIpc) is 2.39. The second-order valence-electron chi connectivity index (χ2n) is 6.58. The normalized spacial score (nSPS) is 36.4. The Morgan fingerprint density at radius 3 is 2.79 bits per heavy atom. The van der Waals surface area contributed by atoms with Gasteiger partial charge in [0.25, 0.3) is 0 Å². The molecule has 1 saturated heterocycles. The van der Waals surface area contributed by atoms with Crippen molar-refractivity contribution in [2.75, 3.05) is 26.8 Å². The van der Waals surface area contributed by atoms with Crippen LogP contribution >= 0.6 is 0 Å². The summed E-state index contributed by atoms with van der Waals surface area (Å²) >= 11 is 0. The maximum Gasteiger partial charge on any atom is 0.313 e. The molecule has 0 aromatic carbocycles. The van der Waals surface area contributed by atoms with Gasteiger partial charge in [-0.3, -0.25) is 4.79 Å². The minimum absolute atomic E-state index is 0.370. The fourth-order valence-electron chi connectivity index (χ4n) is 3.62. The fraction of sp³-hybridized carbons (Fsp3) is 0.933. The van der Waals surface area contributed by atoms with E-state index in [1.54, 1.807) is 0 Å². The lowest BCUT2D eigenvalue weighted by atomic mass is 9.80. The lowest BCUT2D eigenvalue weighted by Gasteiger charge is -2.41. The highest BCUT2D eigenvalue weighted by Gasteiger charge is 2.42. The van der Waals surface area contributed by atoms with Gasteiger partial charge in [0.05, 0.1) is 6.61 Å². The summed E-state index contributed by atoms with van der Waals surface area (Å²) in [6.45, 7) is 4.00. The molecule has 1 heterocycles. The first-order valence-electron chi connectivity index (χ1n) is 7.55. The highest BCUT2D eigenvalue weighted by molar-refractivity contribution is 5.75. The molecule has 19 heavy (non-hydrogen) atoms. The van der Waals surface area contributed by atoms with Crippen molar-refractivity contribution in [3.8, 4) is 0 Å². The van der Waals surface area contributed by atoms with Crippen LogP contribution in [0.5, 0.6) is 0 Å². The molecule has 4 heteroatoms. The topological polar surface area (TPSA) is 49.8 Å². The minimum Gasteiger partial charge on any atom is -0.481 e. The van der Waals surface area contributed by atoms with Crippen LogP contribution in [0.2, 0.25) is 0 Å². The van der Waals surface area contributed by atoms with Crippen LogP contribution in [0.25, 0.3) is 0 Å². The van der Waals surface area contributed by atoms with Crippen molar-refractivity contribution < 1.29 is 14.6 Å². The van der Waals surface area contributed by atoms with Crippen molar-refractivity contribution in [2.45, 2.75) is 51.5 Å². The Bertz CT molecular complexity index is 313. The molecule has 0 spiro atoms. The quantitative estimate of drug-likeness (QED) is 0.851. The molecule has 2 aliphatic rings. The number of hydrogen-bond donors (Lipinski definition) is 1. The molecule has 3 atom stereocenters. The average molecular weight is 269 g/mol. The van der Waals surface area contributed by atoms with E-state index < -0.39 is 11.4 Å². The van der Waals surface area contributed by atoms with Gasteiger partial charge in [-0.2, -0.15) is 0 Å². The van der Waals surface area contributed by atoms with Crippen LogP contribution in [0.1, 0.15) is 45.4 Å². The summed E-state index contributed by atoms with van der Waals surface area (Å²) in [6.07, 6.45) is 6.60. The number of nitrogens with zero attached hydrogens (tertiary/aromatic N) is 1. The highest BCUT2D eigenvalue weighted by Crippen LogP contribution is 2.33. The molecule has 0 radical (unpaired) electrons. The SMILES string of the molecule is CC1CCCC(N(C)CC2(C(=O)O)CCCOC2)C1. The summed E-state index contributed by atoms with van der Waals surface area (Å²) in [5.74, 6) is 0.0764. The van der Waals surface area contributed by atoms with Crippen molar-refractivity contribution >= 4 is 5.97 Å². The standard InChI is InChI=1S/C15H27NO3/c1-12-5-3-6-13(9-12)16(2)10-15(14(17)18)7-4-8-19-11-15/h12-13H,3-11H2,1-2H3,(H,17,18). The molecule has 1 saturated carbocycles. The Morgan fingerprint density at radius 2 is 2.21 bits per heavy atom. The first-order valence-corrected chi connectivity index (χ1v) is 7.55. The Kier molecular flexibility index (Phi) is 4.85. The summed E-state index contributed by atoms with van der Waals surface area (Å²) in [5.41, 5.74) is -0.687. The maximum absolute atomic E-state index is 11.7. The van der Waals surface area contributed by atoms with E-state index in [2.05, 4.69) is 18.9 Å². The number of carboxylic acids is 1. The van der Waals surface area contributed by atoms with Crippen LogP contribution in [0.15, 0.2) is 0 Å². The van der Waals surface area contributed by atoms with Gasteiger partial charge >= 0.3 is 5.97 Å². The van der Waals surface area contributed by atoms with Crippen molar-refractivity contribution in [1.29, 1.82) is 0 Å². The van der Waals surface area contributed by atoms with Gasteiger partial charge in [0.2, 0.25) is 0 Å². The van der Waals surface area contributed by atoms with E-state index >= 15 is 0 Å². The van der Waals surface area contributed by atoms with Crippen LogP contribution in [-0.2, 0) is 9.53 Å². The lowest BCUT2D eigenvalue weighted by Crippen LogP contribution is -2.50. The molecule has 3 unspecified atom stereocenters. The van der Waals surface area contributed by atoms with Crippen molar-refractivity contribution in [1.82, 2.24) is 4.90 Å². The van der Waals surface area contributed by atoms with E-state index in [4.69, 9.17) is 4.74 Å². The van der Waals surface area contributed by atoms with Crippen molar-refractivity contribution in [3.63, 3.8) is 0 Å². The Labute approximate surface area is 116 Å². The zero-order valence-corrected chi connectivity index (χ0v) is 12.2. The molecule has 2 fully saturated rings. The Balaban J connectivity index is 1.98. The number of hydrogen-bond acceptors (Lipinski definition) is 3. The zero-order valence-electron chi connectivity index (χ0n) is 12.2. The monoisotopic (exact) mass is 269 g/mol. The Hall–Kier alpha value is -0.610. The molecule has 0 amide bonds. The smallest absolute Gasteiger partial charge is 0.313 e. The molecule has 110 valence electrons. The number of aliphatic carboxylic acids is 1. The number of rotatable bonds is 4. The second-order valence-corrected chi connectivity index (χ2v) is 6.58. The van der Waals surface area contributed by atoms with Crippen molar-refractivity contribution in [2.24, 2.45) is 11.3 Å². The first-order chi connectivity index (χ1) is 9.03. The number of ether oxygens (including phenoxy) is 1. The third kappa shape index (κ3) is 3.48. The van der Waals surface area contributed by atoms with Gasteiger partial charge in [-0.1, -0.05) is 19.8 Å². The first kappa shape index (κ1) is 14.8. The summed E-state index contributed by atoms with van der Waals surface area (Å²) in [5, 5.41) is 9.58. The zero-order chi connectivity index (χ0) is 13.9. The van der Waals surface area contributed by atoms with Gasteiger partial charge in [-0.15, -0.1) is 0 Å². The van der Waals surface area contributed by atoms with E-state index in [0.717, 1.165) is 18.8 Å². The van der Waals surface area contributed by atoms with Gasteiger partial charge in [0.1, 0.15) is 5.41 Å². The van der Waals surface area contributed by atoms with Crippen LogP contribution in [0, 0.1) is 11.3 Å². The van der Waals surface area contributed by atoms with Gasteiger partial charge in [0.15, 0.2) is 0 Å². The third-order valence-electron chi connectivity index (χ3n) is 4.86. The molecule has 2 rings (SSSR count). The predicted molar refractivity (Wildman–Crippen MR) is 74.2 cm³/mol. The van der Waals surface area contributed by atoms with Crippen LogP contribution in [0.3, 0.4) is 0 Å². The van der Waals surface area contributed by atoms with E-state index in [-0.39, 0.29) is 0 Å². The Morgan fingerprint density at radius 1 is 1.42 bits per heavy atom. The van der Waals surface area contributed by atoms with E-state index in [1.165, 1.54) is 25.7 Å². The maximum atomic E-state index is 11.7. The molecule has 4 nitrogen and oxygen atoms in total. The van der Waals surface area contributed by atoms with E-state index in [0.29, 0.717) is 25.8 Å². The summed E-state index contributed by atoms with van der Waals surface area (Å²) in [6, 6.07) is 0.543. The van der Waals surface area contributed by atoms with E-state index in [9.17, 15) is 9.90 Å². The molecular formula is C15H27NO3. The molecule has 1 aliphatic heterocycles. The summed E-state index contributed by atoms with van der Waals surface area (Å²) in [7, 11) is 2.09. The van der Waals surface area contributed by atoms with Gasteiger partial charge < -0.3 is 14.7 Å². The molecular weight excluding hydrogens is 242 g/mol. The van der Waals surface area contributed by atoms with Crippen LogP contribution in [-0.4, -0.2) is 48.8 Å². The van der Waals surface area contributed by atoms with Gasteiger partial charge in [0, 0.05) is 19.2 Å². The molecule has 0 aromatic rings. The summed E-state index contributed by atoms with van der Waals surface area (Å²) in [4.78, 5) is 13.9. The lowest BCUT2D eigenvalue weighted by molar-refractivity contribution is -0.159. The number of carboxylic acid groups (broad SMARTS) is 1. The minimum atomic E-state index is -0.692. The number of carbonyl (C=O) groups is 1. The molecule has 0 bridgehead atoms. The van der Waals surface area contributed by atoms with E-state index in [1.807, 2.05) is 0 Å². The third-order valence-corrected chi connectivity index (χ3v) is 4.86. The molecule has 0 aromatic heterocycles. The van der Waals surface area contributed by atoms with Gasteiger partial charge in [-0.25, -0.2) is 0 Å². The van der Waals surface area contributed by atoms with Crippen molar-refractivity contribution in [3.05, 3.63) is 0 Å². The van der Waals surface area contributed by atoms with Crippen LogP contribution in [0.4, 0.5) is 0 Å². The van der Waals surface area contributed by atoms with Gasteiger partial charge in [-0.05, 0) is 38.6 Å². The largest absolute Gasteiger partial charge is 0.481 e. The van der Waals surface area contributed by atoms with Crippen LogP contribution < -0.4 is 0 Å². The second kappa shape index (κ2) is 6.23. The molecule has 1 N–H and O–H groups in total. The molecule has 1 aliphatic carbocycles.